The molecule has 0 aliphatic carbocycles. The molecule has 7 heteroatoms. The molecule has 0 aliphatic heterocycles. The molecule has 0 spiro atoms. The zero-order valence-corrected chi connectivity index (χ0v) is 16.9. The summed E-state index contributed by atoms with van der Waals surface area (Å²) in [6.07, 6.45) is 0.720. The fraction of sp³-hybridized carbons (Fsp3) is 0.318. The number of carbonyl (C=O) groups is 2. The first-order chi connectivity index (χ1) is 13.9. The van der Waals surface area contributed by atoms with E-state index in [2.05, 4.69) is 46.7 Å². The van der Waals surface area contributed by atoms with Crippen LogP contribution in [-0.4, -0.2) is 38.4 Å². The van der Waals surface area contributed by atoms with Crippen molar-refractivity contribution in [1.82, 2.24) is 25.5 Å². The molecule has 2 aromatic carbocycles. The van der Waals surface area contributed by atoms with E-state index >= 15 is 0 Å². The summed E-state index contributed by atoms with van der Waals surface area (Å²) >= 11 is 0. The number of aromatic nitrogens is 4. The van der Waals surface area contributed by atoms with E-state index < -0.39 is 0 Å². The number of ketones is 1. The largest absolute Gasteiger partial charge is 0.356 e. The Morgan fingerprint density at radius 1 is 1.03 bits per heavy atom. The Morgan fingerprint density at radius 2 is 1.72 bits per heavy atom. The average molecular weight is 391 g/mol. The maximum absolute atomic E-state index is 12.5. The second-order valence-corrected chi connectivity index (χ2v) is 7.27. The molecule has 1 aromatic heterocycles. The van der Waals surface area contributed by atoms with Crippen LogP contribution in [-0.2, 0) is 17.8 Å². The zero-order chi connectivity index (χ0) is 20.8. The van der Waals surface area contributed by atoms with Gasteiger partial charge in [0.05, 0.1) is 0 Å². The summed E-state index contributed by atoms with van der Waals surface area (Å²) in [7, 11) is 0. The first kappa shape index (κ1) is 20.4. The molecule has 1 amide bonds. The van der Waals surface area contributed by atoms with Gasteiger partial charge < -0.3 is 5.32 Å². The number of nitrogens with zero attached hydrogens (tertiary/aromatic N) is 4. The van der Waals surface area contributed by atoms with Crippen molar-refractivity contribution in [1.29, 1.82) is 0 Å². The Labute approximate surface area is 170 Å². The molecule has 150 valence electrons. The number of Topliss-reactive ketones (excluding diaryl/α,β-unsaturated/α-hetero) is 1. The quantitative estimate of drug-likeness (QED) is 0.596. The summed E-state index contributed by atoms with van der Waals surface area (Å²) in [6.45, 7) is 6.39. The van der Waals surface area contributed by atoms with Crippen LogP contribution in [0.1, 0.15) is 48.2 Å². The van der Waals surface area contributed by atoms with Gasteiger partial charge >= 0.3 is 0 Å². The van der Waals surface area contributed by atoms with E-state index in [1.54, 1.807) is 12.1 Å². The molecule has 0 aliphatic rings. The van der Waals surface area contributed by atoms with Crippen molar-refractivity contribution >= 4 is 11.7 Å². The lowest BCUT2D eigenvalue weighted by atomic mass is 10.0. The molecule has 0 atom stereocenters. The number of hydrogen-bond donors (Lipinski definition) is 1. The van der Waals surface area contributed by atoms with E-state index in [1.165, 1.54) is 17.3 Å². The first-order valence-electron chi connectivity index (χ1n) is 9.67. The van der Waals surface area contributed by atoms with Crippen LogP contribution in [0.25, 0.3) is 11.4 Å². The standard InChI is InChI=1S/C22H25N5O2/c1-15(2)18-8-10-20(11-9-18)22-24-26-27(25-22)14-21(29)19-6-4-17(5-7-19)12-13-23-16(3)28/h4-11,15H,12-14H2,1-3H3,(H,23,28). The third-order valence-corrected chi connectivity index (χ3v) is 4.64. The first-order valence-corrected chi connectivity index (χ1v) is 9.67. The third-order valence-electron chi connectivity index (χ3n) is 4.64. The Morgan fingerprint density at radius 3 is 2.34 bits per heavy atom. The molecular weight excluding hydrogens is 366 g/mol. The summed E-state index contributed by atoms with van der Waals surface area (Å²) in [6, 6.07) is 15.4. The van der Waals surface area contributed by atoms with Crippen molar-refractivity contribution in [3.8, 4) is 11.4 Å². The predicted octanol–water partition coefficient (Wildman–Crippen LogP) is 3.03. The minimum Gasteiger partial charge on any atom is -0.356 e. The molecule has 0 fully saturated rings. The van der Waals surface area contributed by atoms with Crippen molar-refractivity contribution in [2.45, 2.75) is 39.7 Å². The van der Waals surface area contributed by atoms with Crippen molar-refractivity contribution in [3.05, 3.63) is 65.2 Å². The van der Waals surface area contributed by atoms with Gasteiger partial charge in [0.15, 0.2) is 5.78 Å². The monoisotopic (exact) mass is 391 g/mol. The summed E-state index contributed by atoms with van der Waals surface area (Å²) in [4.78, 5) is 24.7. The molecule has 3 rings (SSSR count). The molecule has 3 aromatic rings. The van der Waals surface area contributed by atoms with Crippen LogP contribution in [0.2, 0.25) is 0 Å². The van der Waals surface area contributed by atoms with Crippen LogP contribution in [0.5, 0.6) is 0 Å². The summed E-state index contributed by atoms with van der Waals surface area (Å²) in [5, 5.41) is 15.2. The average Bonchev–Trinajstić information content (AvgIpc) is 3.16. The van der Waals surface area contributed by atoms with Crippen LogP contribution in [0.15, 0.2) is 48.5 Å². The lowest BCUT2D eigenvalue weighted by Crippen LogP contribution is -2.22. The van der Waals surface area contributed by atoms with Gasteiger partial charge in [0.25, 0.3) is 0 Å². The van der Waals surface area contributed by atoms with E-state index in [1.807, 2.05) is 24.3 Å². The van der Waals surface area contributed by atoms with Gasteiger partial charge in [-0.3, -0.25) is 9.59 Å². The van der Waals surface area contributed by atoms with Crippen LogP contribution in [0, 0.1) is 0 Å². The van der Waals surface area contributed by atoms with Crippen molar-refractivity contribution in [2.75, 3.05) is 6.54 Å². The van der Waals surface area contributed by atoms with Gasteiger partial charge in [0.2, 0.25) is 11.7 Å². The Hall–Kier alpha value is -3.35. The highest BCUT2D eigenvalue weighted by Gasteiger charge is 2.12. The van der Waals surface area contributed by atoms with Gasteiger partial charge in [-0.25, -0.2) is 0 Å². The highest BCUT2D eigenvalue weighted by atomic mass is 16.1. The van der Waals surface area contributed by atoms with Crippen LogP contribution >= 0.6 is 0 Å². The number of tetrazole rings is 1. The van der Waals surface area contributed by atoms with E-state index in [0.717, 1.165) is 17.5 Å². The summed E-state index contributed by atoms with van der Waals surface area (Å²) in [5.41, 5.74) is 3.77. The van der Waals surface area contributed by atoms with Gasteiger partial charge in [0.1, 0.15) is 6.54 Å². The van der Waals surface area contributed by atoms with Crippen LogP contribution in [0.3, 0.4) is 0 Å². The smallest absolute Gasteiger partial charge is 0.216 e. The van der Waals surface area contributed by atoms with E-state index in [0.29, 0.717) is 23.9 Å². The molecule has 0 saturated carbocycles. The number of carbonyl (C=O) groups excluding carboxylic acids is 2. The number of rotatable bonds is 8. The Kier molecular flexibility index (Phi) is 6.49. The lowest BCUT2D eigenvalue weighted by molar-refractivity contribution is -0.118. The van der Waals surface area contributed by atoms with Crippen molar-refractivity contribution in [3.63, 3.8) is 0 Å². The molecule has 0 radical (unpaired) electrons. The number of benzene rings is 2. The van der Waals surface area contributed by atoms with Gasteiger partial charge in [-0.2, -0.15) is 4.80 Å². The Bertz CT molecular complexity index is 975. The number of nitrogens with one attached hydrogen (secondary N) is 1. The topological polar surface area (TPSA) is 89.8 Å². The third kappa shape index (κ3) is 5.57. The maximum atomic E-state index is 12.5. The van der Waals surface area contributed by atoms with Gasteiger partial charge in [-0.1, -0.05) is 62.4 Å². The molecule has 1 N–H and O–H groups in total. The highest BCUT2D eigenvalue weighted by molar-refractivity contribution is 5.95. The van der Waals surface area contributed by atoms with Gasteiger partial charge in [0, 0.05) is 24.6 Å². The van der Waals surface area contributed by atoms with E-state index in [-0.39, 0.29) is 18.2 Å². The number of amides is 1. The second kappa shape index (κ2) is 9.23. The van der Waals surface area contributed by atoms with E-state index in [4.69, 9.17) is 0 Å². The minimum absolute atomic E-state index is 0.0301. The van der Waals surface area contributed by atoms with Gasteiger partial charge in [-0.15, -0.1) is 10.2 Å². The summed E-state index contributed by atoms with van der Waals surface area (Å²) < 4.78 is 0. The molecular formula is C22H25N5O2. The molecule has 29 heavy (non-hydrogen) atoms. The number of hydrogen-bond acceptors (Lipinski definition) is 5. The fourth-order valence-electron chi connectivity index (χ4n) is 2.90. The maximum Gasteiger partial charge on any atom is 0.216 e. The lowest BCUT2D eigenvalue weighted by Gasteiger charge is -2.05. The van der Waals surface area contributed by atoms with E-state index in [9.17, 15) is 9.59 Å². The molecule has 0 saturated heterocycles. The summed E-state index contributed by atoms with van der Waals surface area (Å²) in [5.74, 6) is 0.827. The van der Waals surface area contributed by atoms with Crippen LogP contribution in [0.4, 0.5) is 0 Å². The van der Waals surface area contributed by atoms with Crippen molar-refractivity contribution < 1.29 is 9.59 Å². The van der Waals surface area contributed by atoms with Crippen molar-refractivity contribution in [2.24, 2.45) is 0 Å². The van der Waals surface area contributed by atoms with Crippen LogP contribution < -0.4 is 5.32 Å². The Balaban J connectivity index is 1.60. The van der Waals surface area contributed by atoms with Gasteiger partial charge in [-0.05, 0) is 28.7 Å². The molecule has 1 heterocycles. The second-order valence-electron chi connectivity index (χ2n) is 7.27. The minimum atomic E-state index is -0.0856. The zero-order valence-electron chi connectivity index (χ0n) is 16.9. The molecule has 0 unspecified atom stereocenters. The molecule has 0 bridgehead atoms. The normalized spacial score (nSPS) is 10.9. The SMILES string of the molecule is CC(=O)NCCc1ccc(C(=O)Cn2nnc(-c3ccc(C(C)C)cc3)n2)cc1. The fourth-order valence-corrected chi connectivity index (χ4v) is 2.90. The predicted molar refractivity (Wildman–Crippen MR) is 111 cm³/mol. The molecule has 7 nitrogen and oxygen atoms in total. The highest BCUT2D eigenvalue weighted by Crippen LogP contribution is 2.19.